The molecule has 2 rings (SSSR count). The molecular formula is C11H17N2O12P3. The molecule has 0 amide bonds. The molecule has 4 unspecified atom stereocenters. The lowest BCUT2D eigenvalue weighted by atomic mass is 9.76. The van der Waals surface area contributed by atoms with Crippen LogP contribution in [0, 0.1) is 12.8 Å². The summed E-state index contributed by atoms with van der Waals surface area (Å²) in [6.45, 7) is 4.74. The molecule has 0 spiro atoms. The van der Waals surface area contributed by atoms with E-state index in [9.17, 15) is 28.2 Å². The van der Waals surface area contributed by atoms with Gasteiger partial charge < -0.3 is 19.6 Å². The summed E-state index contributed by atoms with van der Waals surface area (Å²) in [6.07, 6.45) is 1.58. The first kappa shape index (κ1) is 23.1. The number of phosphoric ester groups is 1. The Balaban J connectivity index is 1.97. The molecule has 1 fully saturated rings. The minimum Gasteiger partial charge on any atom is -0.302 e. The van der Waals surface area contributed by atoms with Crippen LogP contribution in [0.25, 0.3) is 0 Å². The van der Waals surface area contributed by atoms with Gasteiger partial charge in [0.05, 0.1) is 12.6 Å². The molecule has 1 aromatic heterocycles. The standard InChI is InChI=1S/C11H17N2O12P3/c1-6-4-13(11(15)12-10(6)14)9-3-8(7(9)2)5-23-27(19,20)25-28(21,22)24-26(16,17)18/h4,8-9H,2-3,5H2,1H3,(H,19,20)(H,21,22)(H,12,14,15)(H2,16,17,18). The molecule has 1 heterocycles. The van der Waals surface area contributed by atoms with Gasteiger partial charge in [-0.15, -0.1) is 0 Å². The average Bonchev–Trinajstić information content (AvgIpc) is 2.46. The summed E-state index contributed by atoms with van der Waals surface area (Å²) in [5.74, 6) is -0.533. The Morgan fingerprint density at radius 3 is 2.32 bits per heavy atom. The van der Waals surface area contributed by atoms with Crippen LogP contribution in [0.5, 0.6) is 0 Å². The lowest BCUT2D eigenvalue weighted by Crippen LogP contribution is -2.40. The second-order valence-corrected chi connectivity index (χ2v) is 10.3. The van der Waals surface area contributed by atoms with E-state index in [-0.39, 0.29) is 6.42 Å². The number of nitrogens with zero attached hydrogens (tertiary/aromatic N) is 1. The van der Waals surface area contributed by atoms with Gasteiger partial charge in [0, 0.05) is 17.7 Å². The Morgan fingerprint density at radius 2 is 1.79 bits per heavy atom. The number of hydrogen-bond acceptors (Lipinski definition) is 8. The van der Waals surface area contributed by atoms with Gasteiger partial charge in [0.2, 0.25) is 0 Å². The molecule has 1 saturated carbocycles. The maximum Gasteiger partial charge on any atom is 0.490 e. The molecule has 28 heavy (non-hydrogen) atoms. The minimum atomic E-state index is -5.58. The number of aryl methyl sites for hydroxylation is 1. The van der Waals surface area contributed by atoms with Crippen molar-refractivity contribution >= 4 is 23.5 Å². The molecule has 1 aliphatic carbocycles. The van der Waals surface area contributed by atoms with Gasteiger partial charge in [-0.2, -0.15) is 8.62 Å². The van der Waals surface area contributed by atoms with Crippen LogP contribution in [0.2, 0.25) is 0 Å². The van der Waals surface area contributed by atoms with E-state index in [1.54, 1.807) is 0 Å². The lowest BCUT2D eigenvalue weighted by Gasteiger charge is -2.39. The van der Waals surface area contributed by atoms with Gasteiger partial charge in [-0.25, -0.2) is 18.5 Å². The molecule has 1 aliphatic rings. The van der Waals surface area contributed by atoms with Gasteiger partial charge in [-0.05, 0) is 18.9 Å². The molecule has 0 radical (unpaired) electrons. The fourth-order valence-corrected chi connectivity index (χ4v) is 5.52. The van der Waals surface area contributed by atoms with Crippen LogP contribution < -0.4 is 11.2 Å². The van der Waals surface area contributed by atoms with Crippen LogP contribution in [0.4, 0.5) is 0 Å². The average molecular weight is 462 g/mol. The van der Waals surface area contributed by atoms with E-state index in [2.05, 4.69) is 24.7 Å². The quantitative estimate of drug-likeness (QED) is 0.261. The molecule has 5 N–H and O–H groups in total. The second-order valence-electron chi connectivity index (χ2n) is 5.89. The van der Waals surface area contributed by atoms with Crippen molar-refractivity contribution in [2.24, 2.45) is 5.92 Å². The summed E-state index contributed by atoms with van der Waals surface area (Å²) in [5, 5.41) is 0. The summed E-state index contributed by atoms with van der Waals surface area (Å²) in [5.41, 5.74) is -0.472. The van der Waals surface area contributed by atoms with Gasteiger partial charge in [-0.1, -0.05) is 6.58 Å². The first-order valence-electron chi connectivity index (χ1n) is 7.39. The molecule has 0 aromatic carbocycles. The van der Waals surface area contributed by atoms with Crippen molar-refractivity contribution in [1.82, 2.24) is 9.55 Å². The SMILES string of the molecule is C=C1C(COP(=O)(O)OP(=O)(O)OP(=O)(O)O)CC1n1cc(C)c(=O)[nH]c1=O. The smallest absolute Gasteiger partial charge is 0.302 e. The van der Waals surface area contributed by atoms with E-state index < -0.39 is 53.3 Å². The number of hydrogen-bond donors (Lipinski definition) is 5. The third kappa shape index (κ3) is 5.91. The van der Waals surface area contributed by atoms with Crippen LogP contribution in [0.3, 0.4) is 0 Å². The molecule has 0 bridgehead atoms. The van der Waals surface area contributed by atoms with Crippen LogP contribution in [-0.2, 0) is 26.8 Å². The predicted octanol–water partition coefficient (Wildman–Crippen LogP) is 0.306. The van der Waals surface area contributed by atoms with Crippen LogP contribution >= 0.6 is 23.5 Å². The van der Waals surface area contributed by atoms with Crippen LogP contribution in [0.1, 0.15) is 18.0 Å². The Morgan fingerprint density at radius 1 is 1.18 bits per heavy atom. The van der Waals surface area contributed by atoms with E-state index in [4.69, 9.17) is 14.7 Å². The minimum absolute atomic E-state index is 0.236. The fraction of sp³-hybridized carbons (Fsp3) is 0.455. The zero-order valence-corrected chi connectivity index (χ0v) is 16.9. The third-order valence-electron chi connectivity index (χ3n) is 3.80. The monoisotopic (exact) mass is 462 g/mol. The number of H-pyrrole nitrogens is 1. The number of aromatic amines is 1. The van der Waals surface area contributed by atoms with Crippen molar-refractivity contribution in [1.29, 1.82) is 0 Å². The van der Waals surface area contributed by atoms with Crippen molar-refractivity contribution in [3.63, 3.8) is 0 Å². The van der Waals surface area contributed by atoms with E-state index in [0.29, 0.717) is 11.1 Å². The van der Waals surface area contributed by atoms with Gasteiger partial charge in [0.25, 0.3) is 5.56 Å². The van der Waals surface area contributed by atoms with Crippen molar-refractivity contribution < 1.29 is 46.4 Å². The van der Waals surface area contributed by atoms with Crippen LogP contribution in [-0.4, -0.2) is 35.7 Å². The molecule has 1 aromatic rings. The summed E-state index contributed by atoms with van der Waals surface area (Å²) in [6, 6.07) is -0.502. The van der Waals surface area contributed by atoms with E-state index >= 15 is 0 Å². The number of nitrogens with one attached hydrogen (secondary N) is 1. The van der Waals surface area contributed by atoms with Gasteiger partial charge in [0.1, 0.15) is 0 Å². The first-order valence-corrected chi connectivity index (χ1v) is 11.9. The number of phosphoric acid groups is 3. The zero-order chi connectivity index (χ0) is 21.5. The Bertz CT molecular complexity index is 1040. The lowest BCUT2D eigenvalue weighted by molar-refractivity contribution is 0.135. The summed E-state index contributed by atoms with van der Waals surface area (Å²) in [4.78, 5) is 60.8. The number of aromatic nitrogens is 2. The highest BCUT2D eigenvalue weighted by molar-refractivity contribution is 7.66. The largest absolute Gasteiger partial charge is 0.490 e. The maximum absolute atomic E-state index is 11.9. The highest BCUT2D eigenvalue weighted by Crippen LogP contribution is 2.66. The summed E-state index contributed by atoms with van der Waals surface area (Å²) < 4.78 is 46.4. The van der Waals surface area contributed by atoms with Gasteiger partial charge >= 0.3 is 29.2 Å². The van der Waals surface area contributed by atoms with Crippen molar-refractivity contribution in [2.75, 3.05) is 6.61 Å². The van der Waals surface area contributed by atoms with Crippen molar-refractivity contribution in [3.8, 4) is 0 Å². The van der Waals surface area contributed by atoms with Gasteiger partial charge in [0.15, 0.2) is 0 Å². The normalized spacial score (nSPS) is 24.2. The molecule has 0 saturated heterocycles. The fourth-order valence-electron chi connectivity index (χ4n) is 2.46. The molecule has 14 nitrogen and oxygen atoms in total. The predicted molar refractivity (Wildman–Crippen MR) is 92.2 cm³/mol. The van der Waals surface area contributed by atoms with Crippen LogP contribution in [0.15, 0.2) is 27.9 Å². The topological polar surface area (TPSA) is 215 Å². The Hall–Kier alpha value is -1.17. The van der Waals surface area contributed by atoms with E-state index in [1.165, 1.54) is 17.7 Å². The van der Waals surface area contributed by atoms with Gasteiger partial charge in [-0.3, -0.25) is 18.9 Å². The third-order valence-corrected chi connectivity index (χ3v) is 7.60. The summed E-state index contributed by atoms with van der Waals surface area (Å²) >= 11 is 0. The second kappa shape index (κ2) is 7.92. The van der Waals surface area contributed by atoms with Crippen molar-refractivity contribution in [3.05, 3.63) is 44.8 Å². The van der Waals surface area contributed by atoms with E-state index in [1.807, 2.05) is 0 Å². The molecule has 17 heteroatoms. The highest BCUT2D eigenvalue weighted by Gasteiger charge is 2.42. The molecule has 158 valence electrons. The highest BCUT2D eigenvalue weighted by atomic mass is 31.3. The zero-order valence-electron chi connectivity index (χ0n) is 14.2. The Kier molecular flexibility index (Phi) is 6.54. The summed E-state index contributed by atoms with van der Waals surface area (Å²) in [7, 11) is -16.3. The van der Waals surface area contributed by atoms with Crippen molar-refractivity contribution in [2.45, 2.75) is 19.4 Å². The molecule has 4 atom stereocenters. The van der Waals surface area contributed by atoms with E-state index in [0.717, 1.165) is 0 Å². The first-order chi connectivity index (χ1) is 12.6. The maximum atomic E-state index is 11.9. The Labute approximate surface area is 156 Å². The number of rotatable bonds is 8. The molecular weight excluding hydrogens is 445 g/mol. The molecule has 0 aliphatic heterocycles.